The molecule has 2 aromatic carbocycles. The zero-order valence-electron chi connectivity index (χ0n) is 16.4. The molecule has 2 amide bonds. The Kier molecular flexibility index (Phi) is 7.40. The molecule has 0 bridgehead atoms. The van der Waals surface area contributed by atoms with Crippen molar-refractivity contribution in [3.63, 3.8) is 0 Å². The Hall–Kier alpha value is -3.06. The van der Waals surface area contributed by atoms with Gasteiger partial charge >= 0.3 is 6.09 Å². The van der Waals surface area contributed by atoms with Gasteiger partial charge in [0.15, 0.2) is 0 Å². The highest BCUT2D eigenvalue weighted by Crippen LogP contribution is 2.17. The second-order valence-electron chi connectivity index (χ2n) is 7.28. The third-order valence-electron chi connectivity index (χ3n) is 3.62. The van der Waals surface area contributed by atoms with E-state index in [-0.39, 0.29) is 6.61 Å². The Morgan fingerprint density at radius 3 is 2.32 bits per heavy atom. The molecule has 0 aliphatic rings. The van der Waals surface area contributed by atoms with E-state index in [1.165, 1.54) is 0 Å². The first-order valence-corrected chi connectivity index (χ1v) is 9.01. The van der Waals surface area contributed by atoms with Crippen molar-refractivity contribution >= 4 is 23.4 Å². The largest absolute Gasteiger partial charge is 0.444 e. The molecule has 2 aromatic rings. The fourth-order valence-electron chi connectivity index (χ4n) is 2.33. The van der Waals surface area contributed by atoms with Crippen LogP contribution in [0.25, 0.3) is 0 Å². The van der Waals surface area contributed by atoms with E-state index in [0.29, 0.717) is 18.0 Å². The highest BCUT2D eigenvalue weighted by molar-refractivity contribution is 5.98. The maximum Gasteiger partial charge on any atom is 0.408 e. The zero-order chi connectivity index (χ0) is 20.6. The van der Waals surface area contributed by atoms with Gasteiger partial charge in [-0.2, -0.15) is 0 Å². The van der Waals surface area contributed by atoms with Crippen LogP contribution in [0.15, 0.2) is 54.6 Å². The minimum atomic E-state index is -0.946. The molecule has 1 atom stereocenters. The summed E-state index contributed by atoms with van der Waals surface area (Å²) in [6, 6.07) is 15.5. The van der Waals surface area contributed by atoms with Crippen molar-refractivity contribution in [2.75, 3.05) is 17.7 Å². The number of carbonyl (C=O) groups is 2. The van der Waals surface area contributed by atoms with Gasteiger partial charge in [-0.25, -0.2) is 4.79 Å². The van der Waals surface area contributed by atoms with Crippen molar-refractivity contribution in [1.29, 1.82) is 0 Å². The summed E-state index contributed by atoms with van der Waals surface area (Å²) in [7, 11) is 0. The van der Waals surface area contributed by atoms with Crippen LogP contribution in [0.5, 0.6) is 0 Å². The van der Waals surface area contributed by atoms with Gasteiger partial charge in [-0.3, -0.25) is 4.79 Å². The Bertz CT molecular complexity index is 788. The number of amides is 2. The van der Waals surface area contributed by atoms with Crippen LogP contribution >= 0.6 is 0 Å². The van der Waals surface area contributed by atoms with Gasteiger partial charge in [0.05, 0.1) is 24.6 Å². The van der Waals surface area contributed by atoms with Crippen molar-refractivity contribution in [3.05, 3.63) is 60.2 Å². The number of nitrogens with one attached hydrogen (secondary N) is 2. The molecule has 28 heavy (non-hydrogen) atoms. The number of hydrogen-bond acceptors (Lipinski definition) is 5. The number of anilines is 2. The summed E-state index contributed by atoms with van der Waals surface area (Å²) in [6.45, 7) is 5.54. The number of benzene rings is 2. The van der Waals surface area contributed by atoms with Gasteiger partial charge in [0.1, 0.15) is 11.6 Å². The van der Waals surface area contributed by atoms with Crippen molar-refractivity contribution in [3.8, 4) is 0 Å². The molecule has 0 spiro atoms. The van der Waals surface area contributed by atoms with Crippen LogP contribution in [0.3, 0.4) is 0 Å². The summed E-state index contributed by atoms with van der Waals surface area (Å²) < 4.78 is 10.9. The fourth-order valence-corrected chi connectivity index (χ4v) is 2.33. The monoisotopic (exact) mass is 385 g/mol. The number of alkyl carbamates (subject to hydrolysis) is 1. The first kappa shape index (κ1) is 21.2. The molecular weight excluding hydrogens is 358 g/mol. The highest BCUT2D eigenvalue weighted by atomic mass is 16.6. The summed E-state index contributed by atoms with van der Waals surface area (Å²) in [6.07, 6.45) is -0.697. The second kappa shape index (κ2) is 9.75. The lowest BCUT2D eigenvalue weighted by Crippen LogP contribution is -2.48. The molecule has 0 aliphatic heterocycles. The molecule has 2 rings (SSSR count). The van der Waals surface area contributed by atoms with Gasteiger partial charge in [0.25, 0.3) is 0 Å². The summed E-state index contributed by atoms with van der Waals surface area (Å²) in [5.74, 6) is -0.447. The van der Waals surface area contributed by atoms with Gasteiger partial charge in [-0.1, -0.05) is 42.5 Å². The predicted molar refractivity (Wildman–Crippen MR) is 109 cm³/mol. The normalized spacial score (nSPS) is 12.1. The number of hydrogen-bond donors (Lipinski definition) is 3. The Morgan fingerprint density at radius 2 is 1.68 bits per heavy atom. The lowest BCUT2D eigenvalue weighted by Gasteiger charge is -2.23. The lowest BCUT2D eigenvalue weighted by atomic mass is 10.2. The van der Waals surface area contributed by atoms with Crippen molar-refractivity contribution < 1.29 is 19.1 Å². The molecule has 0 saturated heterocycles. The average molecular weight is 385 g/mol. The standard InChI is InChI=1S/C21H27N3O4/c1-21(2,3)28-20(26)24-18(14-27-13-15-9-5-4-6-10-15)19(25)23-17-12-8-7-11-16(17)22/h4-12,18H,13-14,22H2,1-3H3,(H,23,25)(H,24,26). The topological polar surface area (TPSA) is 103 Å². The summed E-state index contributed by atoms with van der Waals surface area (Å²) in [5.41, 5.74) is 7.05. The molecule has 7 heteroatoms. The van der Waals surface area contributed by atoms with Crippen LogP contribution in [0.2, 0.25) is 0 Å². The number of nitrogens with two attached hydrogens (primary N) is 1. The van der Waals surface area contributed by atoms with Gasteiger partial charge in [-0.05, 0) is 38.5 Å². The van der Waals surface area contributed by atoms with E-state index in [1.807, 2.05) is 30.3 Å². The van der Waals surface area contributed by atoms with E-state index in [2.05, 4.69) is 10.6 Å². The van der Waals surface area contributed by atoms with E-state index < -0.39 is 23.6 Å². The van der Waals surface area contributed by atoms with Crippen molar-refractivity contribution in [2.45, 2.75) is 39.0 Å². The third-order valence-corrected chi connectivity index (χ3v) is 3.62. The lowest BCUT2D eigenvalue weighted by molar-refractivity contribution is -0.119. The number of para-hydroxylation sites is 2. The van der Waals surface area contributed by atoms with Gasteiger partial charge < -0.3 is 25.8 Å². The number of carbonyl (C=O) groups excluding carboxylic acids is 2. The summed E-state index contributed by atoms with van der Waals surface area (Å²) in [5, 5.41) is 5.27. The molecule has 0 fully saturated rings. The minimum Gasteiger partial charge on any atom is -0.444 e. The van der Waals surface area contributed by atoms with Crippen molar-refractivity contribution in [2.24, 2.45) is 0 Å². The molecule has 0 aliphatic carbocycles. The Morgan fingerprint density at radius 1 is 1.04 bits per heavy atom. The van der Waals surface area contributed by atoms with Crippen LogP contribution in [-0.2, 0) is 20.9 Å². The van der Waals surface area contributed by atoms with Crippen molar-refractivity contribution in [1.82, 2.24) is 5.32 Å². The molecule has 1 unspecified atom stereocenters. The van der Waals surface area contributed by atoms with E-state index in [0.717, 1.165) is 5.56 Å². The van der Waals surface area contributed by atoms with E-state index in [1.54, 1.807) is 45.0 Å². The predicted octanol–water partition coefficient (Wildman–Crippen LogP) is 3.32. The van der Waals surface area contributed by atoms with Crippen LogP contribution in [0.1, 0.15) is 26.3 Å². The minimum absolute atomic E-state index is 0.0211. The molecule has 0 aromatic heterocycles. The molecule has 0 saturated carbocycles. The van der Waals surface area contributed by atoms with E-state index in [9.17, 15) is 9.59 Å². The van der Waals surface area contributed by atoms with E-state index >= 15 is 0 Å². The van der Waals surface area contributed by atoms with Crippen LogP contribution < -0.4 is 16.4 Å². The summed E-state index contributed by atoms with van der Waals surface area (Å²) >= 11 is 0. The first-order chi connectivity index (χ1) is 13.2. The number of ether oxygens (including phenoxy) is 2. The summed E-state index contributed by atoms with van der Waals surface area (Å²) in [4.78, 5) is 24.8. The number of nitrogen functional groups attached to an aromatic ring is 1. The molecule has 0 heterocycles. The Balaban J connectivity index is 2.02. The quantitative estimate of drug-likeness (QED) is 0.635. The maximum absolute atomic E-state index is 12.7. The molecular formula is C21H27N3O4. The SMILES string of the molecule is CC(C)(C)OC(=O)NC(COCc1ccccc1)C(=O)Nc1ccccc1N. The second-order valence-corrected chi connectivity index (χ2v) is 7.28. The van der Waals surface area contributed by atoms with Gasteiger partial charge in [-0.15, -0.1) is 0 Å². The zero-order valence-corrected chi connectivity index (χ0v) is 16.4. The highest BCUT2D eigenvalue weighted by Gasteiger charge is 2.25. The van der Waals surface area contributed by atoms with Crippen LogP contribution in [0, 0.1) is 0 Å². The van der Waals surface area contributed by atoms with E-state index in [4.69, 9.17) is 15.2 Å². The van der Waals surface area contributed by atoms with Crippen LogP contribution in [-0.4, -0.2) is 30.3 Å². The smallest absolute Gasteiger partial charge is 0.408 e. The fraction of sp³-hybridized carbons (Fsp3) is 0.333. The molecule has 0 radical (unpaired) electrons. The Labute approximate surface area is 165 Å². The first-order valence-electron chi connectivity index (χ1n) is 9.01. The third kappa shape index (κ3) is 7.28. The number of rotatable bonds is 7. The molecule has 7 nitrogen and oxygen atoms in total. The van der Waals surface area contributed by atoms with Crippen LogP contribution in [0.4, 0.5) is 16.2 Å². The van der Waals surface area contributed by atoms with Gasteiger partial charge in [0, 0.05) is 0 Å². The maximum atomic E-state index is 12.7. The molecule has 4 N–H and O–H groups in total. The average Bonchev–Trinajstić information content (AvgIpc) is 2.62. The molecule has 150 valence electrons. The van der Waals surface area contributed by atoms with Gasteiger partial charge in [0.2, 0.25) is 5.91 Å².